The fourth-order valence-corrected chi connectivity index (χ4v) is 2.62. The zero-order chi connectivity index (χ0) is 19.2. The zero-order valence-corrected chi connectivity index (χ0v) is 15.8. The molecular formula is C20H30N2O4. The molecule has 0 aliphatic carbocycles. The summed E-state index contributed by atoms with van der Waals surface area (Å²) in [5.74, 6) is -1.19. The van der Waals surface area contributed by atoms with Gasteiger partial charge in [-0.3, -0.25) is 9.59 Å². The number of amides is 2. The van der Waals surface area contributed by atoms with E-state index >= 15 is 0 Å². The Bertz CT molecular complexity index is 560. The molecule has 1 atom stereocenters. The molecule has 26 heavy (non-hydrogen) atoms. The van der Waals surface area contributed by atoms with Gasteiger partial charge in [-0.25, -0.2) is 4.79 Å². The van der Waals surface area contributed by atoms with Crippen molar-refractivity contribution in [3.8, 4) is 0 Å². The summed E-state index contributed by atoms with van der Waals surface area (Å²) in [6, 6.07) is 7.98. The van der Waals surface area contributed by atoms with Crippen molar-refractivity contribution < 1.29 is 19.1 Å². The summed E-state index contributed by atoms with van der Waals surface area (Å²) in [6.45, 7) is 1.98. The van der Waals surface area contributed by atoms with Crippen LogP contribution in [0.4, 0.5) is 0 Å². The molecule has 0 bridgehead atoms. The SMILES string of the molecule is CCCCCCCC[C@H](NC(=O)CNC(=O)c1ccccc1)C(=O)OC. The molecule has 0 heterocycles. The van der Waals surface area contributed by atoms with E-state index in [2.05, 4.69) is 17.6 Å². The monoisotopic (exact) mass is 362 g/mol. The second-order valence-electron chi connectivity index (χ2n) is 6.25. The van der Waals surface area contributed by atoms with Crippen molar-refractivity contribution in [2.45, 2.75) is 57.9 Å². The highest BCUT2D eigenvalue weighted by Crippen LogP contribution is 2.09. The maximum atomic E-state index is 12.1. The van der Waals surface area contributed by atoms with Crippen molar-refractivity contribution in [1.82, 2.24) is 10.6 Å². The minimum Gasteiger partial charge on any atom is -0.467 e. The zero-order valence-electron chi connectivity index (χ0n) is 15.8. The summed E-state index contributed by atoms with van der Waals surface area (Å²) in [7, 11) is 1.31. The van der Waals surface area contributed by atoms with Gasteiger partial charge >= 0.3 is 5.97 Å². The minimum atomic E-state index is -0.674. The maximum absolute atomic E-state index is 12.1. The van der Waals surface area contributed by atoms with Crippen LogP contribution in [0.3, 0.4) is 0 Å². The summed E-state index contributed by atoms with van der Waals surface area (Å²) < 4.78 is 4.76. The molecular weight excluding hydrogens is 332 g/mol. The first-order valence-corrected chi connectivity index (χ1v) is 9.29. The van der Waals surface area contributed by atoms with E-state index in [0.717, 1.165) is 19.3 Å². The lowest BCUT2D eigenvalue weighted by Gasteiger charge is -2.16. The number of carbonyl (C=O) groups excluding carboxylic acids is 3. The average molecular weight is 362 g/mol. The Kier molecular flexibility index (Phi) is 10.8. The molecule has 0 aliphatic heterocycles. The second-order valence-corrected chi connectivity index (χ2v) is 6.25. The van der Waals surface area contributed by atoms with Crippen LogP contribution >= 0.6 is 0 Å². The average Bonchev–Trinajstić information content (AvgIpc) is 2.67. The van der Waals surface area contributed by atoms with Gasteiger partial charge in [0.25, 0.3) is 5.91 Å². The number of methoxy groups -OCH3 is 1. The number of benzene rings is 1. The number of hydrogen-bond donors (Lipinski definition) is 2. The summed E-state index contributed by atoms with van der Waals surface area (Å²) in [6.07, 6.45) is 7.14. The molecule has 0 radical (unpaired) electrons. The Balaban J connectivity index is 2.37. The fourth-order valence-electron chi connectivity index (χ4n) is 2.62. The highest BCUT2D eigenvalue weighted by atomic mass is 16.5. The van der Waals surface area contributed by atoms with Crippen molar-refractivity contribution in [2.24, 2.45) is 0 Å². The first kappa shape index (κ1) is 21.7. The molecule has 1 aromatic rings. The van der Waals surface area contributed by atoms with Crippen LogP contribution in [0.15, 0.2) is 30.3 Å². The van der Waals surface area contributed by atoms with E-state index in [1.54, 1.807) is 24.3 Å². The largest absolute Gasteiger partial charge is 0.467 e. The van der Waals surface area contributed by atoms with Gasteiger partial charge in [-0.05, 0) is 18.6 Å². The van der Waals surface area contributed by atoms with E-state index in [1.807, 2.05) is 6.07 Å². The number of rotatable bonds is 12. The molecule has 0 unspecified atom stereocenters. The Morgan fingerprint density at radius 1 is 1.00 bits per heavy atom. The first-order valence-electron chi connectivity index (χ1n) is 9.29. The molecule has 1 aromatic carbocycles. The van der Waals surface area contributed by atoms with Crippen molar-refractivity contribution in [2.75, 3.05) is 13.7 Å². The molecule has 6 nitrogen and oxygen atoms in total. The predicted molar refractivity (Wildman–Crippen MR) is 101 cm³/mol. The molecule has 6 heteroatoms. The molecule has 0 spiro atoms. The van der Waals surface area contributed by atoms with Crippen LogP contribution in [0.5, 0.6) is 0 Å². The van der Waals surface area contributed by atoms with Gasteiger partial charge in [-0.1, -0.05) is 63.6 Å². The smallest absolute Gasteiger partial charge is 0.328 e. The van der Waals surface area contributed by atoms with E-state index in [-0.39, 0.29) is 12.5 Å². The first-order chi connectivity index (χ1) is 12.6. The highest BCUT2D eigenvalue weighted by molar-refractivity contribution is 5.96. The Hall–Kier alpha value is -2.37. The van der Waals surface area contributed by atoms with Gasteiger partial charge in [0, 0.05) is 5.56 Å². The number of hydrogen-bond acceptors (Lipinski definition) is 4. The topological polar surface area (TPSA) is 84.5 Å². The summed E-state index contributed by atoms with van der Waals surface area (Å²) in [5, 5.41) is 5.20. The molecule has 2 amide bonds. The Morgan fingerprint density at radius 3 is 2.31 bits per heavy atom. The minimum absolute atomic E-state index is 0.183. The van der Waals surface area contributed by atoms with Crippen LogP contribution in [0.25, 0.3) is 0 Å². The van der Waals surface area contributed by atoms with Crippen LogP contribution in [0.2, 0.25) is 0 Å². The van der Waals surface area contributed by atoms with Crippen LogP contribution in [0.1, 0.15) is 62.2 Å². The van der Waals surface area contributed by atoms with Gasteiger partial charge in [0.15, 0.2) is 0 Å². The maximum Gasteiger partial charge on any atom is 0.328 e. The third-order valence-corrected chi connectivity index (χ3v) is 4.11. The standard InChI is InChI=1S/C20H30N2O4/c1-3-4-5-6-7-11-14-17(20(25)26-2)22-18(23)15-21-19(24)16-12-9-8-10-13-16/h8-10,12-13,17H,3-7,11,14-15H2,1-2H3,(H,21,24)(H,22,23)/t17-/m0/s1. The highest BCUT2D eigenvalue weighted by Gasteiger charge is 2.21. The van der Waals surface area contributed by atoms with Gasteiger partial charge in [0.1, 0.15) is 6.04 Å². The molecule has 0 aromatic heterocycles. The lowest BCUT2D eigenvalue weighted by Crippen LogP contribution is -2.46. The van der Waals surface area contributed by atoms with Gasteiger partial charge in [0.2, 0.25) is 5.91 Å². The quantitative estimate of drug-likeness (QED) is 0.442. The third-order valence-electron chi connectivity index (χ3n) is 4.11. The van der Waals surface area contributed by atoms with Gasteiger partial charge in [0.05, 0.1) is 13.7 Å². The Labute approximate surface area is 155 Å². The van der Waals surface area contributed by atoms with E-state index in [0.29, 0.717) is 12.0 Å². The van der Waals surface area contributed by atoms with E-state index in [9.17, 15) is 14.4 Å². The molecule has 0 saturated heterocycles. The van der Waals surface area contributed by atoms with E-state index in [1.165, 1.54) is 26.4 Å². The van der Waals surface area contributed by atoms with Crippen LogP contribution in [-0.2, 0) is 14.3 Å². The number of carbonyl (C=O) groups is 3. The van der Waals surface area contributed by atoms with Crippen molar-refractivity contribution in [3.63, 3.8) is 0 Å². The number of nitrogens with one attached hydrogen (secondary N) is 2. The van der Waals surface area contributed by atoms with Crippen LogP contribution in [0, 0.1) is 0 Å². The second kappa shape index (κ2) is 12.9. The van der Waals surface area contributed by atoms with Crippen molar-refractivity contribution in [3.05, 3.63) is 35.9 Å². The van der Waals surface area contributed by atoms with Gasteiger partial charge < -0.3 is 15.4 Å². The number of unbranched alkanes of at least 4 members (excludes halogenated alkanes) is 5. The lowest BCUT2D eigenvalue weighted by atomic mass is 10.1. The lowest BCUT2D eigenvalue weighted by molar-refractivity contribution is -0.145. The molecule has 144 valence electrons. The van der Waals surface area contributed by atoms with Gasteiger partial charge in [-0.2, -0.15) is 0 Å². The van der Waals surface area contributed by atoms with Gasteiger partial charge in [-0.15, -0.1) is 0 Å². The summed E-state index contributed by atoms with van der Waals surface area (Å²) in [5.41, 5.74) is 0.483. The molecule has 0 aliphatic rings. The van der Waals surface area contributed by atoms with E-state index < -0.39 is 17.9 Å². The Morgan fingerprint density at radius 2 is 1.65 bits per heavy atom. The fraction of sp³-hybridized carbons (Fsp3) is 0.550. The molecule has 0 fully saturated rings. The predicted octanol–water partition coefficient (Wildman–Crippen LogP) is 2.82. The third kappa shape index (κ3) is 8.65. The van der Waals surface area contributed by atoms with E-state index in [4.69, 9.17) is 4.74 Å². The van der Waals surface area contributed by atoms with Crippen LogP contribution < -0.4 is 10.6 Å². The summed E-state index contributed by atoms with van der Waals surface area (Å²) >= 11 is 0. The molecule has 0 saturated carbocycles. The molecule has 2 N–H and O–H groups in total. The van der Waals surface area contributed by atoms with Crippen molar-refractivity contribution >= 4 is 17.8 Å². The normalized spacial score (nSPS) is 11.5. The summed E-state index contributed by atoms with van der Waals surface area (Å²) in [4.78, 5) is 35.8. The molecule has 1 rings (SSSR count). The van der Waals surface area contributed by atoms with Crippen LogP contribution in [-0.4, -0.2) is 37.5 Å². The number of esters is 1. The number of ether oxygens (including phenoxy) is 1. The van der Waals surface area contributed by atoms with Crippen molar-refractivity contribution in [1.29, 1.82) is 0 Å².